The molecule has 0 saturated heterocycles. The van der Waals surface area contributed by atoms with Crippen LogP contribution in [0.2, 0.25) is 0 Å². The van der Waals surface area contributed by atoms with Crippen LogP contribution in [0.3, 0.4) is 0 Å². The Morgan fingerprint density at radius 1 is 1.17 bits per heavy atom. The molecular weight excluding hydrogens is 460 g/mol. The molecule has 1 saturated carbocycles. The van der Waals surface area contributed by atoms with Crippen LogP contribution in [0.5, 0.6) is 17.2 Å². The highest BCUT2D eigenvalue weighted by Gasteiger charge is 2.44. The summed E-state index contributed by atoms with van der Waals surface area (Å²) in [6, 6.07) is 4.82. The first-order chi connectivity index (χ1) is 17.2. The van der Waals surface area contributed by atoms with Crippen molar-refractivity contribution in [1.82, 2.24) is 0 Å². The molecule has 3 atom stereocenters. The topological polar surface area (TPSA) is 84.2 Å². The van der Waals surface area contributed by atoms with Gasteiger partial charge >= 0.3 is 11.6 Å². The zero-order chi connectivity index (χ0) is 26.5. The van der Waals surface area contributed by atoms with Gasteiger partial charge in [-0.1, -0.05) is 25.0 Å². The number of rotatable bonds is 10. The van der Waals surface area contributed by atoms with Crippen molar-refractivity contribution in [3.05, 3.63) is 39.8 Å². The molecule has 0 unspecified atom stereocenters. The second kappa shape index (κ2) is 11.8. The van der Waals surface area contributed by atoms with Crippen LogP contribution in [0.15, 0.2) is 38.6 Å². The molecule has 7 heteroatoms. The largest absolute Gasteiger partial charge is 0.493 e. The van der Waals surface area contributed by atoms with Crippen molar-refractivity contribution in [2.45, 2.75) is 66.7 Å². The Bertz CT molecular complexity index is 1160. The SMILES string of the molecule is CCOC(=O)CC[C@H]1C(=C(C)C)CC[C@@H](C)[C@@]1(C)CCOc1c(OC)cc2ccc(=O)oc2c1OC. The van der Waals surface area contributed by atoms with Crippen LogP contribution < -0.4 is 19.8 Å². The average Bonchev–Trinajstić information content (AvgIpc) is 2.84. The van der Waals surface area contributed by atoms with Crippen LogP contribution in [0.1, 0.15) is 66.7 Å². The molecular formula is C29H40O7. The highest BCUT2D eigenvalue weighted by molar-refractivity contribution is 5.88. The minimum Gasteiger partial charge on any atom is -0.493 e. The van der Waals surface area contributed by atoms with Gasteiger partial charge in [-0.15, -0.1) is 0 Å². The van der Waals surface area contributed by atoms with E-state index in [1.54, 1.807) is 19.2 Å². The van der Waals surface area contributed by atoms with E-state index in [1.165, 1.54) is 24.3 Å². The molecule has 0 aliphatic heterocycles. The number of carbonyl (C=O) groups is 1. The van der Waals surface area contributed by atoms with Crippen molar-refractivity contribution in [3.8, 4) is 17.2 Å². The maximum Gasteiger partial charge on any atom is 0.336 e. The number of ether oxygens (including phenoxy) is 4. The van der Waals surface area contributed by atoms with Crippen LogP contribution in [0.25, 0.3) is 11.0 Å². The van der Waals surface area contributed by atoms with Gasteiger partial charge in [0.15, 0.2) is 11.3 Å². The summed E-state index contributed by atoms with van der Waals surface area (Å²) in [4.78, 5) is 24.1. The van der Waals surface area contributed by atoms with Crippen molar-refractivity contribution >= 4 is 16.9 Å². The number of methoxy groups -OCH3 is 2. The molecule has 36 heavy (non-hydrogen) atoms. The number of carbonyl (C=O) groups excluding carboxylic acids is 1. The van der Waals surface area contributed by atoms with Gasteiger partial charge in [0, 0.05) is 17.9 Å². The zero-order valence-electron chi connectivity index (χ0n) is 22.7. The van der Waals surface area contributed by atoms with E-state index in [-0.39, 0.29) is 17.3 Å². The summed E-state index contributed by atoms with van der Waals surface area (Å²) in [5.74, 6) is 1.84. The summed E-state index contributed by atoms with van der Waals surface area (Å²) >= 11 is 0. The van der Waals surface area contributed by atoms with E-state index < -0.39 is 5.63 Å². The van der Waals surface area contributed by atoms with E-state index in [1.807, 2.05) is 6.92 Å². The summed E-state index contributed by atoms with van der Waals surface area (Å²) in [6.07, 6.45) is 4.10. The van der Waals surface area contributed by atoms with Gasteiger partial charge in [-0.2, -0.15) is 0 Å². The van der Waals surface area contributed by atoms with Crippen LogP contribution >= 0.6 is 0 Å². The molecule has 1 aliphatic carbocycles. The maximum atomic E-state index is 12.2. The van der Waals surface area contributed by atoms with E-state index in [2.05, 4.69) is 27.7 Å². The molecule has 0 amide bonds. The molecule has 1 fully saturated rings. The predicted molar refractivity (Wildman–Crippen MR) is 140 cm³/mol. The molecule has 0 radical (unpaired) electrons. The lowest BCUT2D eigenvalue weighted by molar-refractivity contribution is -0.143. The molecule has 0 N–H and O–H groups in total. The maximum absolute atomic E-state index is 12.2. The summed E-state index contributed by atoms with van der Waals surface area (Å²) in [5, 5.41) is 0.691. The Morgan fingerprint density at radius 3 is 2.56 bits per heavy atom. The summed E-state index contributed by atoms with van der Waals surface area (Å²) in [7, 11) is 3.09. The van der Waals surface area contributed by atoms with Crippen LogP contribution in [0, 0.1) is 17.3 Å². The fraction of sp³-hybridized carbons (Fsp3) is 0.586. The lowest BCUT2D eigenvalue weighted by Gasteiger charge is -2.48. The van der Waals surface area contributed by atoms with Crippen molar-refractivity contribution in [1.29, 1.82) is 0 Å². The Hall–Kier alpha value is -2.96. The van der Waals surface area contributed by atoms with Gasteiger partial charge < -0.3 is 23.4 Å². The summed E-state index contributed by atoms with van der Waals surface area (Å²) in [5.41, 5.74) is 2.58. The first kappa shape index (κ1) is 27.6. The first-order valence-electron chi connectivity index (χ1n) is 12.8. The first-order valence-corrected chi connectivity index (χ1v) is 12.8. The number of fused-ring (bicyclic) bond motifs is 1. The van der Waals surface area contributed by atoms with Gasteiger partial charge in [0.05, 0.1) is 27.4 Å². The Kier molecular flexibility index (Phi) is 9.09. The van der Waals surface area contributed by atoms with Crippen molar-refractivity contribution < 1.29 is 28.2 Å². The molecule has 3 rings (SSSR count). The molecule has 1 aliphatic rings. The fourth-order valence-corrected chi connectivity index (χ4v) is 5.62. The number of allylic oxidation sites excluding steroid dienone is 2. The molecule has 1 heterocycles. The summed E-state index contributed by atoms with van der Waals surface area (Å²) < 4.78 is 28.1. The van der Waals surface area contributed by atoms with Crippen molar-refractivity contribution in [2.24, 2.45) is 17.3 Å². The molecule has 0 bridgehead atoms. The van der Waals surface area contributed by atoms with Gasteiger partial charge in [0.2, 0.25) is 11.5 Å². The van der Waals surface area contributed by atoms with Gasteiger partial charge in [-0.05, 0) is 75.8 Å². The van der Waals surface area contributed by atoms with Gasteiger partial charge in [0.1, 0.15) is 0 Å². The van der Waals surface area contributed by atoms with Crippen LogP contribution in [-0.2, 0) is 9.53 Å². The third kappa shape index (κ3) is 5.71. The minimum absolute atomic E-state index is 0.0682. The standard InChI is InChI=1S/C29H40O7/c1-8-34-24(30)14-12-22-21(18(2)3)11-9-19(4)29(22,5)15-16-35-27-23(32-6)17-20-10-13-25(31)36-26(20)28(27)33-7/h10,13,17,19,22H,8-9,11-12,14-16H2,1-7H3/t19-,22+,29-/m1/s1. The molecule has 1 aromatic heterocycles. The van der Waals surface area contributed by atoms with E-state index in [0.717, 1.165) is 25.7 Å². The average molecular weight is 501 g/mol. The second-order valence-corrected chi connectivity index (χ2v) is 10.1. The Balaban J connectivity index is 1.89. The van der Waals surface area contributed by atoms with E-state index in [9.17, 15) is 9.59 Å². The lowest BCUT2D eigenvalue weighted by Crippen LogP contribution is -2.41. The Labute approximate surface area is 213 Å². The van der Waals surface area contributed by atoms with E-state index >= 15 is 0 Å². The number of esters is 1. The van der Waals surface area contributed by atoms with Crippen molar-refractivity contribution in [3.63, 3.8) is 0 Å². The molecule has 7 nitrogen and oxygen atoms in total. The number of benzene rings is 1. The van der Waals surface area contributed by atoms with Gasteiger partial charge in [0.25, 0.3) is 0 Å². The lowest BCUT2D eigenvalue weighted by atomic mass is 9.57. The zero-order valence-corrected chi connectivity index (χ0v) is 22.7. The summed E-state index contributed by atoms with van der Waals surface area (Å²) in [6.45, 7) is 11.6. The molecule has 2 aromatic rings. The normalized spacial score (nSPS) is 21.8. The second-order valence-electron chi connectivity index (χ2n) is 10.1. The van der Waals surface area contributed by atoms with Gasteiger partial charge in [-0.25, -0.2) is 4.79 Å². The fourth-order valence-electron chi connectivity index (χ4n) is 5.62. The monoisotopic (exact) mass is 500 g/mol. The molecule has 198 valence electrons. The smallest absolute Gasteiger partial charge is 0.336 e. The highest BCUT2D eigenvalue weighted by atomic mass is 16.5. The highest BCUT2D eigenvalue weighted by Crippen LogP contribution is 2.53. The predicted octanol–water partition coefficient (Wildman–Crippen LogP) is 6.31. The third-order valence-electron chi connectivity index (χ3n) is 7.87. The minimum atomic E-state index is -0.459. The number of hydrogen-bond acceptors (Lipinski definition) is 7. The van der Waals surface area contributed by atoms with E-state index in [4.69, 9.17) is 23.4 Å². The molecule has 0 spiro atoms. The van der Waals surface area contributed by atoms with Crippen LogP contribution in [0.4, 0.5) is 0 Å². The van der Waals surface area contributed by atoms with Gasteiger partial charge in [-0.3, -0.25) is 4.79 Å². The third-order valence-corrected chi connectivity index (χ3v) is 7.87. The Morgan fingerprint density at radius 2 is 1.92 bits per heavy atom. The van der Waals surface area contributed by atoms with Crippen LogP contribution in [-0.4, -0.2) is 33.4 Å². The quantitative estimate of drug-likeness (QED) is 0.215. The number of hydrogen-bond donors (Lipinski definition) is 0. The van der Waals surface area contributed by atoms with Crippen molar-refractivity contribution in [2.75, 3.05) is 27.4 Å². The van der Waals surface area contributed by atoms with E-state index in [0.29, 0.717) is 53.8 Å². The molecule has 1 aromatic carbocycles.